The summed E-state index contributed by atoms with van der Waals surface area (Å²) in [6.45, 7) is 1.11. The number of hydrogen-bond acceptors (Lipinski definition) is 4. The van der Waals surface area contributed by atoms with Crippen LogP contribution in [-0.4, -0.2) is 40.3 Å². The number of carbonyl (C=O) groups excluding carboxylic acids is 2. The van der Waals surface area contributed by atoms with Crippen LogP contribution < -0.4 is 11.1 Å². The summed E-state index contributed by atoms with van der Waals surface area (Å²) in [5, 5.41) is 3.32. The van der Waals surface area contributed by atoms with Crippen LogP contribution in [0.15, 0.2) is 18.3 Å². The van der Waals surface area contributed by atoms with Gasteiger partial charge in [-0.3, -0.25) is 9.59 Å². The van der Waals surface area contributed by atoms with Crippen LogP contribution in [0.25, 0.3) is 0 Å². The molecule has 26 heavy (non-hydrogen) atoms. The van der Waals surface area contributed by atoms with Gasteiger partial charge in [-0.15, -0.1) is 24.8 Å². The molecule has 2 aliphatic rings. The molecule has 146 valence electrons. The van der Waals surface area contributed by atoms with Crippen LogP contribution in [0.1, 0.15) is 38.5 Å². The predicted octanol–water partition coefficient (Wildman–Crippen LogP) is 3.03. The van der Waals surface area contributed by atoms with E-state index in [9.17, 15) is 9.59 Å². The smallest absolute Gasteiger partial charge is 0.242 e. The third-order valence-corrected chi connectivity index (χ3v) is 5.20. The number of aromatic nitrogens is 1. The van der Waals surface area contributed by atoms with Gasteiger partial charge in [0.15, 0.2) is 0 Å². The Morgan fingerprint density at radius 2 is 1.92 bits per heavy atom. The standard InChI is InChI=1S/C17H23ClN4O2.2ClH/c18-13-5-6-14(20-10-13)21-15(23)12-4-3-9-22(11-12)16(24)17(19)7-1-2-8-17;;/h5-6,10,12H,1-4,7-9,11,19H2,(H,20,21,23);2*1H. The van der Waals surface area contributed by atoms with Gasteiger partial charge >= 0.3 is 0 Å². The Labute approximate surface area is 171 Å². The lowest BCUT2D eigenvalue weighted by atomic mass is 9.92. The molecule has 2 amide bonds. The summed E-state index contributed by atoms with van der Waals surface area (Å²) >= 11 is 5.79. The van der Waals surface area contributed by atoms with Crippen molar-refractivity contribution in [2.24, 2.45) is 11.7 Å². The molecule has 6 nitrogen and oxygen atoms in total. The third kappa shape index (κ3) is 5.22. The zero-order valence-corrected chi connectivity index (χ0v) is 16.8. The van der Waals surface area contributed by atoms with Crippen molar-refractivity contribution in [1.82, 2.24) is 9.88 Å². The molecule has 0 spiro atoms. The van der Waals surface area contributed by atoms with Crippen molar-refractivity contribution in [1.29, 1.82) is 0 Å². The van der Waals surface area contributed by atoms with Crippen LogP contribution in [-0.2, 0) is 9.59 Å². The van der Waals surface area contributed by atoms with Crippen molar-refractivity contribution < 1.29 is 9.59 Å². The van der Waals surface area contributed by atoms with Crippen LogP contribution in [0.2, 0.25) is 5.02 Å². The van der Waals surface area contributed by atoms with Gasteiger partial charge in [-0.2, -0.15) is 0 Å². The Balaban J connectivity index is 0.00000169. The van der Waals surface area contributed by atoms with Gasteiger partial charge in [0, 0.05) is 19.3 Å². The molecule has 1 aliphatic carbocycles. The first-order chi connectivity index (χ1) is 11.5. The van der Waals surface area contributed by atoms with E-state index in [2.05, 4.69) is 10.3 Å². The number of pyridine rings is 1. The van der Waals surface area contributed by atoms with Gasteiger partial charge in [0.25, 0.3) is 0 Å². The van der Waals surface area contributed by atoms with Crippen molar-refractivity contribution >= 4 is 54.0 Å². The van der Waals surface area contributed by atoms with Gasteiger partial charge in [0.2, 0.25) is 11.8 Å². The maximum Gasteiger partial charge on any atom is 0.242 e. The van der Waals surface area contributed by atoms with Crippen molar-refractivity contribution in [2.45, 2.75) is 44.1 Å². The second kappa shape index (κ2) is 9.74. The minimum atomic E-state index is -0.726. The summed E-state index contributed by atoms with van der Waals surface area (Å²) in [5.41, 5.74) is 5.55. The van der Waals surface area contributed by atoms with Crippen LogP contribution in [0, 0.1) is 5.92 Å². The molecular formula is C17H25Cl3N4O2. The fourth-order valence-corrected chi connectivity index (χ4v) is 3.70. The average molecular weight is 424 g/mol. The molecule has 1 aromatic heterocycles. The molecule has 2 fully saturated rings. The Kier molecular flexibility index (Phi) is 8.60. The molecule has 1 aliphatic heterocycles. The molecule has 2 heterocycles. The molecule has 1 saturated carbocycles. The van der Waals surface area contributed by atoms with Crippen molar-refractivity contribution in [3.63, 3.8) is 0 Å². The number of carbonyl (C=O) groups is 2. The molecule has 0 aromatic carbocycles. The Morgan fingerprint density at radius 3 is 2.54 bits per heavy atom. The topological polar surface area (TPSA) is 88.3 Å². The highest BCUT2D eigenvalue weighted by atomic mass is 35.5. The first-order valence-corrected chi connectivity index (χ1v) is 8.86. The zero-order valence-electron chi connectivity index (χ0n) is 14.4. The number of likely N-dealkylation sites (tertiary alicyclic amines) is 1. The van der Waals surface area contributed by atoms with Crippen LogP contribution >= 0.6 is 36.4 Å². The van der Waals surface area contributed by atoms with Crippen molar-refractivity contribution in [3.8, 4) is 0 Å². The quantitative estimate of drug-likeness (QED) is 0.782. The van der Waals surface area contributed by atoms with Gasteiger partial charge in [-0.05, 0) is 37.8 Å². The minimum absolute atomic E-state index is 0. The highest BCUT2D eigenvalue weighted by molar-refractivity contribution is 6.30. The Morgan fingerprint density at radius 1 is 1.23 bits per heavy atom. The maximum absolute atomic E-state index is 12.7. The highest BCUT2D eigenvalue weighted by Gasteiger charge is 2.41. The molecule has 1 unspecified atom stereocenters. The summed E-state index contributed by atoms with van der Waals surface area (Å²) in [6, 6.07) is 3.35. The van der Waals surface area contributed by atoms with Crippen LogP contribution in [0.4, 0.5) is 5.82 Å². The maximum atomic E-state index is 12.7. The molecule has 0 bridgehead atoms. The van der Waals surface area contributed by atoms with E-state index in [1.807, 2.05) is 0 Å². The number of nitrogens with two attached hydrogens (primary N) is 1. The van der Waals surface area contributed by atoms with E-state index in [0.29, 0.717) is 23.9 Å². The summed E-state index contributed by atoms with van der Waals surface area (Å²) in [6.07, 6.45) is 6.56. The number of hydrogen-bond donors (Lipinski definition) is 2. The van der Waals surface area contributed by atoms with E-state index in [4.69, 9.17) is 17.3 Å². The molecule has 1 atom stereocenters. The second-order valence-electron chi connectivity index (χ2n) is 6.80. The number of piperidine rings is 1. The molecule has 9 heteroatoms. The van der Waals surface area contributed by atoms with Gasteiger partial charge in [-0.25, -0.2) is 4.98 Å². The Hall–Kier alpha value is -1.08. The molecule has 1 aromatic rings. The van der Waals surface area contributed by atoms with Crippen molar-refractivity contribution in [3.05, 3.63) is 23.4 Å². The lowest BCUT2D eigenvalue weighted by Crippen LogP contribution is -2.56. The average Bonchev–Trinajstić information content (AvgIpc) is 3.04. The second-order valence-corrected chi connectivity index (χ2v) is 7.24. The number of halogens is 3. The lowest BCUT2D eigenvalue weighted by Gasteiger charge is -2.36. The summed E-state index contributed by atoms with van der Waals surface area (Å²) < 4.78 is 0. The minimum Gasteiger partial charge on any atom is -0.340 e. The highest BCUT2D eigenvalue weighted by Crippen LogP contribution is 2.30. The lowest BCUT2D eigenvalue weighted by molar-refractivity contribution is -0.139. The largest absolute Gasteiger partial charge is 0.340 e. The van der Waals surface area contributed by atoms with Crippen LogP contribution in [0.3, 0.4) is 0 Å². The molecule has 3 rings (SSSR count). The molecular weight excluding hydrogens is 399 g/mol. The van der Waals surface area contributed by atoms with Gasteiger partial charge in [-0.1, -0.05) is 24.4 Å². The number of anilines is 1. The van der Waals surface area contributed by atoms with Crippen molar-refractivity contribution in [2.75, 3.05) is 18.4 Å². The number of nitrogens with zero attached hydrogens (tertiary/aromatic N) is 2. The fraction of sp³-hybridized carbons (Fsp3) is 0.588. The Bertz CT molecular complexity index is 621. The summed E-state index contributed by atoms with van der Waals surface area (Å²) in [4.78, 5) is 31.0. The van der Waals surface area contributed by atoms with Gasteiger partial charge in [0.1, 0.15) is 5.82 Å². The van der Waals surface area contributed by atoms with E-state index in [1.165, 1.54) is 6.20 Å². The van der Waals surface area contributed by atoms with E-state index < -0.39 is 5.54 Å². The van der Waals surface area contributed by atoms with Gasteiger partial charge < -0.3 is 16.0 Å². The molecule has 1 saturated heterocycles. The summed E-state index contributed by atoms with van der Waals surface area (Å²) in [5.74, 6) is 0.131. The van der Waals surface area contributed by atoms with Crippen LogP contribution in [0.5, 0.6) is 0 Å². The third-order valence-electron chi connectivity index (χ3n) is 4.98. The van der Waals surface area contributed by atoms with E-state index >= 15 is 0 Å². The van der Waals surface area contributed by atoms with E-state index in [1.54, 1.807) is 17.0 Å². The number of amides is 2. The first kappa shape index (κ1) is 23.0. The predicted molar refractivity (Wildman–Crippen MR) is 107 cm³/mol. The number of nitrogens with one attached hydrogen (secondary N) is 1. The van der Waals surface area contributed by atoms with E-state index in [0.717, 1.165) is 38.5 Å². The fourth-order valence-electron chi connectivity index (χ4n) is 3.59. The van der Waals surface area contributed by atoms with E-state index in [-0.39, 0.29) is 42.5 Å². The summed E-state index contributed by atoms with van der Waals surface area (Å²) in [7, 11) is 0. The number of rotatable bonds is 3. The first-order valence-electron chi connectivity index (χ1n) is 8.49. The molecule has 0 radical (unpaired) electrons. The monoisotopic (exact) mass is 422 g/mol. The molecule has 3 N–H and O–H groups in total. The van der Waals surface area contributed by atoms with Gasteiger partial charge in [0.05, 0.1) is 16.5 Å². The SMILES string of the molecule is Cl.Cl.NC1(C(=O)N2CCCC(C(=O)Nc3ccc(Cl)cn3)C2)CCCC1. The normalized spacial score (nSPS) is 21.3. The zero-order chi connectivity index (χ0) is 17.2.